The smallest absolute Gasteiger partial charge is 0.268 e. The number of fused-ring (bicyclic) bond motifs is 1. The molecule has 0 saturated heterocycles. The molecule has 0 radical (unpaired) electrons. The molecule has 0 amide bonds. The van der Waals surface area contributed by atoms with E-state index in [1.54, 1.807) is 10.0 Å². The highest BCUT2D eigenvalue weighted by atomic mass is 32.1. The first kappa shape index (κ1) is 9.94. The Balaban J connectivity index is 2.69. The molecule has 0 saturated carbocycles. The van der Waals surface area contributed by atoms with Gasteiger partial charge in [-0.1, -0.05) is 30.6 Å². The number of aromatic nitrogens is 1. The zero-order valence-electron chi connectivity index (χ0n) is 8.30. The quantitative estimate of drug-likeness (QED) is 0.777. The first-order valence-electron chi connectivity index (χ1n) is 4.78. The zero-order chi connectivity index (χ0) is 10.8. The molecule has 2 rings (SSSR count). The molecule has 4 heteroatoms. The lowest BCUT2D eigenvalue weighted by Gasteiger charge is -2.03. The van der Waals surface area contributed by atoms with E-state index in [4.69, 9.17) is 5.26 Å². The molecular weight excluding hydrogens is 208 g/mol. The molecular formula is C11H10N2OS. The minimum Gasteiger partial charge on any atom is -0.268 e. The second-order valence-electron chi connectivity index (χ2n) is 3.27. The van der Waals surface area contributed by atoms with Gasteiger partial charge in [0.25, 0.3) is 5.56 Å². The fourth-order valence-corrected chi connectivity index (χ4v) is 2.61. The predicted molar refractivity (Wildman–Crippen MR) is 61.0 cm³/mol. The molecule has 0 spiro atoms. The van der Waals surface area contributed by atoms with E-state index in [1.165, 1.54) is 11.5 Å². The summed E-state index contributed by atoms with van der Waals surface area (Å²) in [5.74, 6) is 0. The number of hydrogen-bond acceptors (Lipinski definition) is 3. The maximum Gasteiger partial charge on any atom is 0.269 e. The van der Waals surface area contributed by atoms with Crippen molar-refractivity contribution < 1.29 is 0 Å². The SMILES string of the molecule is CCC(C#N)n1sc2ccccc2c1=O. The molecule has 0 fully saturated rings. The van der Waals surface area contributed by atoms with Crippen LogP contribution in [0.3, 0.4) is 0 Å². The van der Waals surface area contributed by atoms with Crippen LogP contribution in [0.1, 0.15) is 19.4 Å². The lowest BCUT2D eigenvalue weighted by atomic mass is 10.2. The van der Waals surface area contributed by atoms with Crippen molar-refractivity contribution in [2.45, 2.75) is 19.4 Å². The minimum atomic E-state index is -0.338. The maximum absolute atomic E-state index is 11.9. The van der Waals surface area contributed by atoms with Gasteiger partial charge in [0.15, 0.2) is 0 Å². The molecule has 0 N–H and O–H groups in total. The van der Waals surface area contributed by atoms with Gasteiger partial charge in [-0.25, -0.2) is 3.96 Å². The molecule has 0 aliphatic heterocycles. The van der Waals surface area contributed by atoms with Crippen LogP contribution in [0.5, 0.6) is 0 Å². The van der Waals surface area contributed by atoms with Gasteiger partial charge in [0.05, 0.1) is 16.2 Å². The lowest BCUT2D eigenvalue weighted by molar-refractivity contribution is 0.629. The van der Waals surface area contributed by atoms with Crippen LogP contribution in [-0.2, 0) is 0 Å². The largest absolute Gasteiger partial charge is 0.269 e. The Hall–Kier alpha value is -1.60. The van der Waals surface area contributed by atoms with Crippen molar-refractivity contribution in [3.63, 3.8) is 0 Å². The van der Waals surface area contributed by atoms with Crippen LogP contribution >= 0.6 is 11.5 Å². The van der Waals surface area contributed by atoms with Gasteiger partial charge in [-0.2, -0.15) is 5.26 Å². The van der Waals surface area contributed by atoms with Crippen LogP contribution in [0.15, 0.2) is 29.1 Å². The van der Waals surface area contributed by atoms with Crippen molar-refractivity contribution in [2.24, 2.45) is 0 Å². The van der Waals surface area contributed by atoms with Gasteiger partial charge in [0, 0.05) is 0 Å². The van der Waals surface area contributed by atoms with Crippen molar-refractivity contribution in [1.82, 2.24) is 3.96 Å². The van der Waals surface area contributed by atoms with Crippen molar-refractivity contribution in [1.29, 1.82) is 5.26 Å². The van der Waals surface area contributed by atoms with Gasteiger partial charge < -0.3 is 0 Å². The molecule has 0 aliphatic carbocycles. The van der Waals surface area contributed by atoms with Crippen molar-refractivity contribution in [3.8, 4) is 6.07 Å². The highest BCUT2D eigenvalue weighted by molar-refractivity contribution is 7.13. The van der Waals surface area contributed by atoms with E-state index in [-0.39, 0.29) is 11.6 Å². The van der Waals surface area contributed by atoms with E-state index in [1.807, 2.05) is 25.1 Å². The molecule has 1 aromatic heterocycles. The Bertz CT molecular complexity index is 576. The first-order chi connectivity index (χ1) is 7.27. The van der Waals surface area contributed by atoms with E-state index in [0.717, 1.165) is 4.70 Å². The van der Waals surface area contributed by atoms with E-state index < -0.39 is 0 Å². The summed E-state index contributed by atoms with van der Waals surface area (Å²) >= 11 is 1.36. The molecule has 76 valence electrons. The average Bonchev–Trinajstić information content (AvgIpc) is 2.60. The third-order valence-electron chi connectivity index (χ3n) is 2.33. The average molecular weight is 218 g/mol. The molecule has 1 unspecified atom stereocenters. The van der Waals surface area contributed by atoms with Crippen LogP contribution in [0, 0.1) is 11.3 Å². The minimum absolute atomic E-state index is 0.0519. The maximum atomic E-state index is 11.9. The lowest BCUT2D eigenvalue weighted by Crippen LogP contribution is -2.17. The number of benzene rings is 1. The summed E-state index contributed by atoms with van der Waals surface area (Å²) in [6, 6.07) is 9.25. The van der Waals surface area contributed by atoms with Crippen LogP contribution in [-0.4, -0.2) is 3.96 Å². The van der Waals surface area contributed by atoms with Gasteiger partial charge in [-0.15, -0.1) is 0 Å². The monoisotopic (exact) mass is 218 g/mol. The Kier molecular flexibility index (Phi) is 2.57. The summed E-state index contributed by atoms with van der Waals surface area (Å²) in [5, 5.41) is 9.63. The third kappa shape index (κ3) is 1.55. The molecule has 1 heterocycles. The first-order valence-corrected chi connectivity index (χ1v) is 5.55. The summed E-state index contributed by atoms with van der Waals surface area (Å²) in [6.45, 7) is 1.91. The number of nitriles is 1. The van der Waals surface area contributed by atoms with E-state index in [0.29, 0.717) is 11.8 Å². The van der Waals surface area contributed by atoms with E-state index in [9.17, 15) is 4.79 Å². The Morgan fingerprint density at radius 3 is 2.87 bits per heavy atom. The molecule has 0 aliphatic rings. The Morgan fingerprint density at radius 1 is 1.53 bits per heavy atom. The normalized spacial score (nSPS) is 12.5. The van der Waals surface area contributed by atoms with E-state index >= 15 is 0 Å². The molecule has 2 aromatic rings. The molecule has 1 atom stereocenters. The number of rotatable bonds is 2. The van der Waals surface area contributed by atoms with Gasteiger partial charge in [-0.3, -0.25) is 4.79 Å². The fraction of sp³-hybridized carbons (Fsp3) is 0.273. The summed E-state index contributed by atoms with van der Waals surface area (Å²) in [7, 11) is 0. The number of nitrogens with zero attached hydrogens (tertiary/aromatic N) is 2. The highest BCUT2D eigenvalue weighted by Crippen LogP contribution is 2.20. The summed E-state index contributed by atoms with van der Waals surface area (Å²) < 4.78 is 2.50. The van der Waals surface area contributed by atoms with Gasteiger partial charge in [-0.05, 0) is 18.6 Å². The predicted octanol–water partition coefficient (Wildman–Crippen LogP) is 2.54. The summed E-state index contributed by atoms with van der Waals surface area (Å²) in [4.78, 5) is 11.9. The third-order valence-corrected chi connectivity index (χ3v) is 3.50. The van der Waals surface area contributed by atoms with E-state index in [2.05, 4.69) is 6.07 Å². The second-order valence-corrected chi connectivity index (χ2v) is 4.29. The second kappa shape index (κ2) is 3.87. The van der Waals surface area contributed by atoms with Crippen LogP contribution in [0.25, 0.3) is 10.1 Å². The topological polar surface area (TPSA) is 45.8 Å². The van der Waals surface area contributed by atoms with Gasteiger partial charge >= 0.3 is 0 Å². The van der Waals surface area contributed by atoms with Crippen LogP contribution in [0.2, 0.25) is 0 Å². The van der Waals surface area contributed by atoms with Gasteiger partial charge in [0.2, 0.25) is 0 Å². The molecule has 3 nitrogen and oxygen atoms in total. The molecule has 1 aromatic carbocycles. The summed E-state index contributed by atoms with van der Waals surface area (Å²) in [5.41, 5.74) is -0.0519. The summed E-state index contributed by atoms with van der Waals surface area (Å²) in [6.07, 6.45) is 0.656. The van der Waals surface area contributed by atoms with Crippen LogP contribution in [0.4, 0.5) is 0 Å². The van der Waals surface area contributed by atoms with Gasteiger partial charge in [0.1, 0.15) is 6.04 Å². The number of hydrogen-bond donors (Lipinski definition) is 0. The fourth-order valence-electron chi connectivity index (χ4n) is 1.50. The molecule has 15 heavy (non-hydrogen) atoms. The molecule has 0 bridgehead atoms. The van der Waals surface area contributed by atoms with Crippen molar-refractivity contribution in [3.05, 3.63) is 34.6 Å². The Labute approximate surface area is 91.3 Å². The Morgan fingerprint density at radius 2 is 2.27 bits per heavy atom. The highest BCUT2D eigenvalue weighted by Gasteiger charge is 2.13. The van der Waals surface area contributed by atoms with Crippen molar-refractivity contribution in [2.75, 3.05) is 0 Å². The zero-order valence-corrected chi connectivity index (χ0v) is 9.12. The van der Waals surface area contributed by atoms with Crippen LogP contribution < -0.4 is 5.56 Å². The van der Waals surface area contributed by atoms with Crippen molar-refractivity contribution >= 4 is 21.6 Å². The standard InChI is InChI=1S/C11H10N2OS/c1-2-8(7-12)13-11(14)9-5-3-4-6-10(9)15-13/h3-6,8H,2H2,1H3.